The average Bonchev–Trinajstić information content (AvgIpc) is 2.59. The zero-order valence-electron chi connectivity index (χ0n) is 9.21. The summed E-state index contributed by atoms with van der Waals surface area (Å²) < 4.78 is 5.23. The van der Waals surface area contributed by atoms with E-state index >= 15 is 0 Å². The van der Waals surface area contributed by atoms with Crippen LogP contribution in [0, 0.1) is 0 Å². The molecule has 1 aromatic rings. The van der Waals surface area contributed by atoms with Crippen LogP contribution in [0.5, 0.6) is 0 Å². The first kappa shape index (κ1) is 10.7. The lowest BCUT2D eigenvalue weighted by molar-refractivity contribution is 0.0377. The summed E-state index contributed by atoms with van der Waals surface area (Å²) in [5, 5.41) is 1.96. The Morgan fingerprint density at radius 3 is 2.87 bits per heavy atom. The maximum Gasteiger partial charge on any atom is 0.339 e. The van der Waals surface area contributed by atoms with Crippen molar-refractivity contribution in [3.05, 3.63) is 21.4 Å². The van der Waals surface area contributed by atoms with E-state index in [0.29, 0.717) is 0 Å². The predicted octanol–water partition coefficient (Wildman–Crippen LogP) is 3.19. The van der Waals surface area contributed by atoms with Gasteiger partial charge in [-0.2, -0.15) is 0 Å². The van der Waals surface area contributed by atoms with Crippen LogP contribution in [0.25, 0.3) is 0 Å². The van der Waals surface area contributed by atoms with Crippen LogP contribution in [-0.2, 0) is 17.6 Å². The Balaban J connectivity index is 2.21. The molecule has 0 aliphatic heterocycles. The Bertz CT molecular complexity index is 366. The first-order chi connectivity index (χ1) is 7.18. The Hall–Kier alpha value is -0.830. The summed E-state index contributed by atoms with van der Waals surface area (Å²) in [6.45, 7) is 3.77. The van der Waals surface area contributed by atoms with E-state index in [1.165, 1.54) is 23.3 Å². The van der Waals surface area contributed by atoms with Crippen LogP contribution in [0.4, 0.5) is 0 Å². The standard InChI is InChI=1S/C12H16O2S/c1-8(2)14-12(13)10-7-15-11-6-4-3-5-9(10)11/h7-8H,3-6H2,1-2H3. The molecule has 3 heteroatoms. The van der Waals surface area contributed by atoms with Gasteiger partial charge in [0, 0.05) is 10.3 Å². The van der Waals surface area contributed by atoms with Crippen LogP contribution in [0.2, 0.25) is 0 Å². The lowest BCUT2D eigenvalue weighted by atomic mass is 9.96. The minimum absolute atomic E-state index is 0.0309. The van der Waals surface area contributed by atoms with Gasteiger partial charge in [-0.3, -0.25) is 0 Å². The number of rotatable bonds is 2. The summed E-state index contributed by atoms with van der Waals surface area (Å²) in [5.74, 6) is -0.149. The molecule has 0 spiro atoms. The van der Waals surface area contributed by atoms with Crippen molar-refractivity contribution in [3.8, 4) is 0 Å². The smallest absolute Gasteiger partial charge is 0.339 e. The highest BCUT2D eigenvalue weighted by atomic mass is 32.1. The minimum atomic E-state index is -0.149. The third kappa shape index (κ3) is 2.23. The first-order valence-electron chi connectivity index (χ1n) is 5.48. The average molecular weight is 224 g/mol. The van der Waals surface area contributed by atoms with Crippen LogP contribution in [0.3, 0.4) is 0 Å². The van der Waals surface area contributed by atoms with Gasteiger partial charge in [-0.25, -0.2) is 4.79 Å². The number of hydrogen-bond donors (Lipinski definition) is 0. The number of hydrogen-bond acceptors (Lipinski definition) is 3. The maximum atomic E-state index is 11.8. The van der Waals surface area contributed by atoms with E-state index in [4.69, 9.17) is 4.74 Å². The summed E-state index contributed by atoms with van der Waals surface area (Å²) in [4.78, 5) is 13.2. The number of esters is 1. The molecule has 0 fully saturated rings. The van der Waals surface area contributed by atoms with Gasteiger partial charge in [0.25, 0.3) is 0 Å². The minimum Gasteiger partial charge on any atom is -0.459 e. The van der Waals surface area contributed by atoms with Crippen LogP contribution < -0.4 is 0 Å². The van der Waals surface area contributed by atoms with Crippen molar-refractivity contribution in [1.29, 1.82) is 0 Å². The molecule has 1 aliphatic rings. The van der Waals surface area contributed by atoms with E-state index in [-0.39, 0.29) is 12.1 Å². The molecule has 1 heterocycles. The Labute approximate surface area is 94.3 Å². The second-order valence-corrected chi connectivity index (χ2v) is 5.18. The maximum absolute atomic E-state index is 11.8. The topological polar surface area (TPSA) is 26.3 Å². The molecule has 2 rings (SSSR count). The van der Waals surface area contributed by atoms with E-state index in [1.54, 1.807) is 11.3 Å². The van der Waals surface area contributed by atoms with Crippen LogP contribution >= 0.6 is 11.3 Å². The Kier molecular flexibility index (Phi) is 3.10. The SMILES string of the molecule is CC(C)OC(=O)c1csc2c1CCCC2. The normalized spacial score (nSPS) is 15.1. The number of carbonyl (C=O) groups excluding carboxylic acids is 1. The van der Waals surface area contributed by atoms with Crippen molar-refractivity contribution >= 4 is 17.3 Å². The zero-order chi connectivity index (χ0) is 10.8. The zero-order valence-corrected chi connectivity index (χ0v) is 10.0. The molecule has 2 nitrogen and oxygen atoms in total. The summed E-state index contributed by atoms with van der Waals surface area (Å²) in [6.07, 6.45) is 4.60. The quantitative estimate of drug-likeness (QED) is 0.721. The van der Waals surface area contributed by atoms with Crippen LogP contribution in [0.1, 0.15) is 47.5 Å². The predicted molar refractivity (Wildman–Crippen MR) is 61.5 cm³/mol. The molecule has 0 unspecified atom stereocenters. The lowest BCUT2D eigenvalue weighted by Gasteiger charge is -2.13. The number of carbonyl (C=O) groups is 1. The van der Waals surface area contributed by atoms with Crippen LogP contribution in [-0.4, -0.2) is 12.1 Å². The molecular formula is C12H16O2S. The van der Waals surface area contributed by atoms with Crippen molar-refractivity contribution in [2.45, 2.75) is 45.6 Å². The second-order valence-electron chi connectivity index (χ2n) is 4.21. The second kappa shape index (κ2) is 4.35. The first-order valence-corrected chi connectivity index (χ1v) is 6.36. The highest BCUT2D eigenvalue weighted by Gasteiger charge is 2.21. The molecule has 1 aliphatic carbocycles. The van der Waals surface area contributed by atoms with E-state index in [1.807, 2.05) is 19.2 Å². The summed E-state index contributed by atoms with van der Waals surface area (Å²) in [6, 6.07) is 0. The number of ether oxygens (including phenoxy) is 1. The van der Waals surface area contributed by atoms with E-state index in [2.05, 4.69) is 0 Å². The van der Waals surface area contributed by atoms with Gasteiger partial charge in [0.15, 0.2) is 0 Å². The largest absolute Gasteiger partial charge is 0.459 e. The third-order valence-electron chi connectivity index (χ3n) is 2.62. The van der Waals surface area contributed by atoms with Crippen molar-refractivity contribution < 1.29 is 9.53 Å². The highest BCUT2D eigenvalue weighted by Crippen LogP contribution is 2.30. The molecule has 0 atom stereocenters. The number of aryl methyl sites for hydroxylation is 1. The molecule has 82 valence electrons. The van der Waals surface area contributed by atoms with Crippen molar-refractivity contribution in [3.63, 3.8) is 0 Å². The fraction of sp³-hybridized carbons (Fsp3) is 0.583. The van der Waals surface area contributed by atoms with Gasteiger partial charge in [0.2, 0.25) is 0 Å². The van der Waals surface area contributed by atoms with E-state index in [0.717, 1.165) is 18.4 Å². The Morgan fingerprint density at radius 2 is 2.13 bits per heavy atom. The summed E-state index contributed by atoms with van der Waals surface area (Å²) >= 11 is 1.71. The molecule has 0 saturated heterocycles. The molecule has 0 saturated carbocycles. The number of thiophene rings is 1. The molecule has 0 radical (unpaired) electrons. The molecular weight excluding hydrogens is 208 g/mol. The monoisotopic (exact) mass is 224 g/mol. The molecule has 15 heavy (non-hydrogen) atoms. The molecule has 0 N–H and O–H groups in total. The van der Waals surface area contributed by atoms with Gasteiger partial charge in [0.05, 0.1) is 11.7 Å². The van der Waals surface area contributed by atoms with Gasteiger partial charge in [-0.15, -0.1) is 11.3 Å². The summed E-state index contributed by atoms with van der Waals surface area (Å²) in [7, 11) is 0. The molecule has 0 amide bonds. The summed E-state index contributed by atoms with van der Waals surface area (Å²) in [5.41, 5.74) is 2.06. The molecule has 0 bridgehead atoms. The van der Waals surface area contributed by atoms with Crippen molar-refractivity contribution in [2.75, 3.05) is 0 Å². The van der Waals surface area contributed by atoms with Gasteiger partial charge >= 0.3 is 5.97 Å². The van der Waals surface area contributed by atoms with Crippen LogP contribution in [0.15, 0.2) is 5.38 Å². The van der Waals surface area contributed by atoms with Gasteiger partial charge in [-0.1, -0.05) is 0 Å². The fourth-order valence-electron chi connectivity index (χ4n) is 1.94. The Morgan fingerprint density at radius 1 is 1.40 bits per heavy atom. The van der Waals surface area contributed by atoms with Crippen molar-refractivity contribution in [2.24, 2.45) is 0 Å². The van der Waals surface area contributed by atoms with E-state index in [9.17, 15) is 4.79 Å². The highest BCUT2D eigenvalue weighted by molar-refractivity contribution is 7.10. The molecule has 1 aromatic heterocycles. The van der Waals surface area contributed by atoms with Gasteiger partial charge < -0.3 is 4.74 Å². The number of fused-ring (bicyclic) bond motifs is 1. The van der Waals surface area contributed by atoms with E-state index < -0.39 is 0 Å². The van der Waals surface area contributed by atoms with Gasteiger partial charge in [0.1, 0.15) is 0 Å². The lowest BCUT2D eigenvalue weighted by Crippen LogP contribution is -2.13. The fourth-order valence-corrected chi connectivity index (χ4v) is 3.06. The van der Waals surface area contributed by atoms with Gasteiger partial charge in [-0.05, 0) is 45.1 Å². The third-order valence-corrected chi connectivity index (χ3v) is 3.71. The molecule has 0 aromatic carbocycles. The van der Waals surface area contributed by atoms with Crippen molar-refractivity contribution in [1.82, 2.24) is 0 Å².